The van der Waals surface area contributed by atoms with E-state index < -0.39 is 17.6 Å². The Kier molecular flexibility index (Phi) is 6.89. The van der Waals surface area contributed by atoms with Crippen molar-refractivity contribution in [3.63, 3.8) is 0 Å². The van der Waals surface area contributed by atoms with E-state index in [0.29, 0.717) is 12.0 Å². The van der Waals surface area contributed by atoms with Crippen molar-refractivity contribution in [2.45, 2.75) is 71.9 Å². The van der Waals surface area contributed by atoms with Crippen molar-refractivity contribution in [1.29, 1.82) is 0 Å². The Bertz CT molecular complexity index is 838. The summed E-state index contributed by atoms with van der Waals surface area (Å²) in [5.41, 5.74) is 3.18. The summed E-state index contributed by atoms with van der Waals surface area (Å²) in [7, 11) is 0. The molecule has 156 valence electrons. The first-order chi connectivity index (χ1) is 13.3. The standard InChI is InChI=1S/C25H33NO3/c1-17-8-10-18(11-9-17)16-21(23(28)29-25(5,6)7)26-22(27)19-12-14-20(15-13-19)24(2,3)4/h8-15,21H,16H2,1-7H3,(H,26,27)/t21-/m0/s1. The molecule has 1 N–H and O–H groups in total. The lowest BCUT2D eigenvalue weighted by atomic mass is 9.86. The summed E-state index contributed by atoms with van der Waals surface area (Å²) in [6.45, 7) is 13.9. The van der Waals surface area contributed by atoms with E-state index in [2.05, 4.69) is 26.1 Å². The number of ether oxygens (including phenoxy) is 1. The number of esters is 1. The Morgan fingerprint density at radius 1 is 0.897 bits per heavy atom. The number of hydrogen-bond acceptors (Lipinski definition) is 3. The fourth-order valence-corrected chi connectivity index (χ4v) is 2.89. The van der Waals surface area contributed by atoms with Crippen LogP contribution in [0.25, 0.3) is 0 Å². The Morgan fingerprint density at radius 2 is 1.45 bits per heavy atom. The Hall–Kier alpha value is -2.62. The molecule has 0 bridgehead atoms. The molecule has 1 amide bonds. The smallest absolute Gasteiger partial charge is 0.329 e. The summed E-state index contributed by atoms with van der Waals surface area (Å²) in [6, 6.07) is 14.7. The molecule has 1 atom stereocenters. The van der Waals surface area contributed by atoms with Crippen LogP contribution in [0.2, 0.25) is 0 Å². The molecule has 4 heteroatoms. The molecule has 29 heavy (non-hydrogen) atoms. The van der Waals surface area contributed by atoms with Gasteiger partial charge in [0.15, 0.2) is 0 Å². The molecule has 0 aliphatic rings. The zero-order valence-electron chi connectivity index (χ0n) is 18.6. The zero-order chi connectivity index (χ0) is 21.8. The quantitative estimate of drug-likeness (QED) is 0.727. The number of amides is 1. The van der Waals surface area contributed by atoms with Gasteiger partial charge in [0.1, 0.15) is 11.6 Å². The number of aryl methyl sites for hydroxylation is 1. The molecule has 0 radical (unpaired) electrons. The maximum absolute atomic E-state index is 12.8. The van der Waals surface area contributed by atoms with Crippen LogP contribution in [0.15, 0.2) is 48.5 Å². The molecule has 0 unspecified atom stereocenters. The first-order valence-corrected chi connectivity index (χ1v) is 10.0. The minimum Gasteiger partial charge on any atom is -0.458 e. The van der Waals surface area contributed by atoms with Gasteiger partial charge in [0.05, 0.1) is 0 Å². The summed E-state index contributed by atoms with van der Waals surface area (Å²) in [6.07, 6.45) is 0.376. The number of carbonyl (C=O) groups is 2. The molecule has 0 saturated heterocycles. The van der Waals surface area contributed by atoms with E-state index >= 15 is 0 Å². The highest BCUT2D eigenvalue weighted by Crippen LogP contribution is 2.22. The van der Waals surface area contributed by atoms with Gasteiger partial charge in [0.2, 0.25) is 0 Å². The molecule has 2 rings (SSSR count). The average molecular weight is 396 g/mol. The van der Waals surface area contributed by atoms with Crippen LogP contribution in [0.4, 0.5) is 0 Å². The van der Waals surface area contributed by atoms with Crippen LogP contribution in [-0.2, 0) is 21.4 Å². The van der Waals surface area contributed by atoms with Gasteiger partial charge in [0.25, 0.3) is 5.91 Å². The average Bonchev–Trinajstić information content (AvgIpc) is 2.61. The Balaban J connectivity index is 2.20. The summed E-state index contributed by atoms with van der Waals surface area (Å²) in [5.74, 6) is -0.717. The summed E-state index contributed by atoms with van der Waals surface area (Å²) >= 11 is 0. The van der Waals surface area contributed by atoms with Gasteiger partial charge in [-0.2, -0.15) is 0 Å². The number of carbonyl (C=O) groups excluding carboxylic acids is 2. The van der Waals surface area contributed by atoms with Crippen molar-refractivity contribution in [3.05, 3.63) is 70.8 Å². The molecular formula is C25H33NO3. The van der Waals surface area contributed by atoms with E-state index in [1.54, 1.807) is 12.1 Å². The second kappa shape index (κ2) is 8.81. The van der Waals surface area contributed by atoms with Crippen LogP contribution in [0, 0.1) is 6.92 Å². The minimum atomic E-state index is -0.758. The Labute approximate surface area is 174 Å². The lowest BCUT2D eigenvalue weighted by Gasteiger charge is -2.25. The van der Waals surface area contributed by atoms with Crippen LogP contribution in [-0.4, -0.2) is 23.5 Å². The van der Waals surface area contributed by atoms with E-state index in [9.17, 15) is 9.59 Å². The van der Waals surface area contributed by atoms with Crippen molar-refractivity contribution in [1.82, 2.24) is 5.32 Å². The topological polar surface area (TPSA) is 55.4 Å². The van der Waals surface area contributed by atoms with E-state index in [1.165, 1.54) is 0 Å². The lowest BCUT2D eigenvalue weighted by molar-refractivity contribution is -0.157. The van der Waals surface area contributed by atoms with Crippen LogP contribution < -0.4 is 5.32 Å². The van der Waals surface area contributed by atoms with Gasteiger partial charge in [0, 0.05) is 12.0 Å². The fourth-order valence-electron chi connectivity index (χ4n) is 2.89. The predicted molar refractivity (Wildman–Crippen MR) is 117 cm³/mol. The molecule has 0 aliphatic heterocycles. The molecule has 2 aromatic carbocycles. The molecule has 0 heterocycles. The highest BCUT2D eigenvalue weighted by atomic mass is 16.6. The molecular weight excluding hydrogens is 362 g/mol. The van der Waals surface area contributed by atoms with E-state index in [-0.39, 0.29) is 11.3 Å². The molecule has 4 nitrogen and oxygen atoms in total. The maximum Gasteiger partial charge on any atom is 0.329 e. The van der Waals surface area contributed by atoms with Crippen LogP contribution in [0.1, 0.15) is 68.6 Å². The molecule has 0 saturated carbocycles. The van der Waals surface area contributed by atoms with Crippen molar-refractivity contribution in [2.24, 2.45) is 0 Å². The normalized spacial score (nSPS) is 12.9. The van der Waals surface area contributed by atoms with Crippen LogP contribution in [0.5, 0.6) is 0 Å². The highest BCUT2D eigenvalue weighted by molar-refractivity contribution is 5.97. The van der Waals surface area contributed by atoms with Crippen molar-refractivity contribution in [2.75, 3.05) is 0 Å². The molecule has 0 aromatic heterocycles. The molecule has 0 spiro atoms. The minimum absolute atomic E-state index is 0.0134. The Morgan fingerprint density at radius 3 is 1.93 bits per heavy atom. The third-order valence-corrected chi connectivity index (χ3v) is 4.57. The van der Waals surface area contributed by atoms with Gasteiger partial charge in [-0.3, -0.25) is 4.79 Å². The van der Waals surface area contributed by atoms with Crippen LogP contribution >= 0.6 is 0 Å². The lowest BCUT2D eigenvalue weighted by Crippen LogP contribution is -2.45. The van der Waals surface area contributed by atoms with Gasteiger partial charge in [-0.05, 0) is 56.4 Å². The third kappa shape index (κ3) is 7.04. The van der Waals surface area contributed by atoms with Crippen molar-refractivity contribution in [3.8, 4) is 0 Å². The van der Waals surface area contributed by atoms with Gasteiger partial charge in [-0.15, -0.1) is 0 Å². The first-order valence-electron chi connectivity index (χ1n) is 10.0. The summed E-state index contributed by atoms with van der Waals surface area (Å²) < 4.78 is 5.54. The molecule has 0 aliphatic carbocycles. The number of nitrogens with one attached hydrogen (secondary N) is 1. The van der Waals surface area contributed by atoms with Crippen LogP contribution in [0.3, 0.4) is 0 Å². The monoisotopic (exact) mass is 395 g/mol. The van der Waals surface area contributed by atoms with Gasteiger partial charge in [-0.25, -0.2) is 4.79 Å². The van der Waals surface area contributed by atoms with E-state index in [0.717, 1.165) is 16.7 Å². The number of hydrogen-bond donors (Lipinski definition) is 1. The predicted octanol–water partition coefficient (Wildman–Crippen LogP) is 4.98. The van der Waals surface area contributed by atoms with E-state index in [1.807, 2.05) is 64.1 Å². The third-order valence-electron chi connectivity index (χ3n) is 4.57. The SMILES string of the molecule is Cc1ccc(C[C@H](NC(=O)c2ccc(C(C)(C)C)cc2)C(=O)OC(C)(C)C)cc1. The number of rotatable bonds is 5. The van der Waals surface area contributed by atoms with Crippen molar-refractivity contribution >= 4 is 11.9 Å². The van der Waals surface area contributed by atoms with Crippen molar-refractivity contribution < 1.29 is 14.3 Å². The molecule has 2 aromatic rings. The van der Waals surface area contributed by atoms with Gasteiger partial charge < -0.3 is 10.1 Å². The van der Waals surface area contributed by atoms with E-state index in [4.69, 9.17) is 4.74 Å². The van der Waals surface area contributed by atoms with Gasteiger partial charge in [-0.1, -0.05) is 62.7 Å². The zero-order valence-corrected chi connectivity index (χ0v) is 18.6. The largest absolute Gasteiger partial charge is 0.458 e. The highest BCUT2D eigenvalue weighted by Gasteiger charge is 2.27. The second-order valence-electron chi connectivity index (χ2n) is 9.58. The van der Waals surface area contributed by atoms with Gasteiger partial charge >= 0.3 is 5.97 Å². The number of benzene rings is 2. The molecule has 0 fully saturated rings. The maximum atomic E-state index is 12.8. The second-order valence-corrected chi connectivity index (χ2v) is 9.58. The summed E-state index contributed by atoms with van der Waals surface area (Å²) in [4.78, 5) is 25.6. The fraction of sp³-hybridized carbons (Fsp3) is 0.440. The summed E-state index contributed by atoms with van der Waals surface area (Å²) in [5, 5.41) is 2.86. The first kappa shape index (κ1) is 22.7.